The third-order valence-electron chi connectivity index (χ3n) is 7.14. The van der Waals surface area contributed by atoms with E-state index in [1.807, 2.05) is 24.3 Å². The zero-order valence-electron chi connectivity index (χ0n) is 18.9. The van der Waals surface area contributed by atoms with Crippen LogP contribution < -0.4 is 5.63 Å². The molecule has 4 heteroatoms. The van der Waals surface area contributed by atoms with Crippen molar-refractivity contribution in [2.45, 2.75) is 24.7 Å². The Balaban J connectivity index is 1.41. The maximum Gasteiger partial charge on any atom is 0.343 e. The Morgan fingerprint density at radius 2 is 1.46 bits per heavy atom. The highest BCUT2D eigenvalue weighted by Gasteiger charge is 2.33. The minimum atomic E-state index is -0.449. The summed E-state index contributed by atoms with van der Waals surface area (Å²) in [5, 5.41) is 11.7. The first-order valence-corrected chi connectivity index (χ1v) is 12.6. The van der Waals surface area contributed by atoms with Crippen LogP contribution in [0.4, 0.5) is 0 Å². The Morgan fingerprint density at radius 3 is 2.23 bits per heavy atom. The number of aromatic hydroxyl groups is 1. The van der Waals surface area contributed by atoms with Gasteiger partial charge in [-0.3, -0.25) is 0 Å². The number of hydrogen-bond acceptors (Lipinski definition) is 3. The third kappa shape index (κ3) is 3.98. The van der Waals surface area contributed by atoms with Crippen molar-refractivity contribution in [2.75, 3.05) is 0 Å². The van der Waals surface area contributed by atoms with E-state index in [1.165, 1.54) is 22.3 Å². The minimum Gasteiger partial charge on any atom is -0.507 e. The number of hydrogen-bond donors (Lipinski definition) is 1. The molecule has 1 aliphatic carbocycles. The summed E-state index contributed by atoms with van der Waals surface area (Å²) in [6.07, 6.45) is 1.42. The Morgan fingerprint density at radius 1 is 0.800 bits per heavy atom. The molecule has 0 saturated heterocycles. The fourth-order valence-electron chi connectivity index (χ4n) is 5.41. The summed E-state index contributed by atoms with van der Waals surface area (Å²) < 4.78 is 6.67. The van der Waals surface area contributed by atoms with E-state index in [9.17, 15) is 9.90 Å². The predicted octanol–water partition coefficient (Wildman–Crippen LogP) is 7.79. The van der Waals surface area contributed by atoms with E-state index in [4.69, 9.17) is 4.42 Å². The number of para-hydroxylation sites is 1. The van der Waals surface area contributed by atoms with Crippen molar-refractivity contribution in [3.8, 4) is 16.9 Å². The van der Waals surface area contributed by atoms with Crippen molar-refractivity contribution in [2.24, 2.45) is 0 Å². The lowest BCUT2D eigenvalue weighted by Gasteiger charge is -2.32. The molecule has 0 unspecified atom stereocenters. The highest BCUT2D eigenvalue weighted by Crippen LogP contribution is 2.45. The minimum absolute atomic E-state index is 0.0468. The number of benzene rings is 4. The lowest BCUT2D eigenvalue weighted by Crippen LogP contribution is -2.23. The number of fused-ring (bicyclic) bond motifs is 2. The lowest BCUT2D eigenvalue weighted by atomic mass is 9.72. The Bertz CT molecular complexity index is 1580. The molecule has 0 amide bonds. The summed E-state index contributed by atoms with van der Waals surface area (Å²) in [5.41, 5.74) is 6.37. The van der Waals surface area contributed by atoms with E-state index >= 15 is 0 Å². The van der Waals surface area contributed by atoms with Crippen LogP contribution >= 0.6 is 15.9 Å². The molecule has 3 nitrogen and oxygen atoms in total. The van der Waals surface area contributed by atoms with Crippen molar-refractivity contribution in [1.82, 2.24) is 0 Å². The monoisotopic (exact) mass is 522 g/mol. The van der Waals surface area contributed by atoms with Crippen molar-refractivity contribution in [3.05, 3.63) is 134 Å². The molecular formula is C31H23BrO3. The van der Waals surface area contributed by atoms with E-state index in [-0.39, 0.29) is 17.6 Å². The Kier molecular flexibility index (Phi) is 5.54. The molecule has 0 fully saturated rings. The third-order valence-corrected chi connectivity index (χ3v) is 7.66. The van der Waals surface area contributed by atoms with Crippen LogP contribution in [0.3, 0.4) is 0 Å². The average molecular weight is 523 g/mol. The highest BCUT2D eigenvalue weighted by atomic mass is 79.9. The van der Waals surface area contributed by atoms with E-state index in [0.717, 1.165) is 16.5 Å². The zero-order valence-corrected chi connectivity index (χ0v) is 20.5. The quantitative estimate of drug-likeness (QED) is 0.246. The van der Waals surface area contributed by atoms with Gasteiger partial charge in [-0.1, -0.05) is 88.7 Å². The first-order chi connectivity index (χ1) is 17.1. The normalized spacial score (nSPS) is 17.3. The van der Waals surface area contributed by atoms with Gasteiger partial charge in [0.1, 0.15) is 11.3 Å². The summed E-state index contributed by atoms with van der Waals surface area (Å²) in [4.78, 5) is 13.0. The van der Waals surface area contributed by atoms with Crippen molar-refractivity contribution < 1.29 is 9.52 Å². The summed E-state index contributed by atoms with van der Waals surface area (Å²) in [7, 11) is 0. The van der Waals surface area contributed by atoms with Gasteiger partial charge < -0.3 is 9.52 Å². The molecule has 0 bridgehead atoms. The molecular weight excluding hydrogens is 500 g/mol. The van der Waals surface area contributed by atoms with Crippen LogP contribution in [-0.4, -0.2) is 5.11 Å². The van der Waals surface area contributed by atoms with E-state index in [0.29, 0.717) is 23.0 Å². The van der Waals surface area contributed by atoms with Gasteiger partial charge in [0.15, 0.2) is 0 Å². The van der Waals surface area contributed by atoms with Gasteiger partial charge >= 0.3 is 5.63 Å². The van der Waals surface area contributed by atoms with Gasteiger partial charge in [0.2, 0.25) is 0 Å². The molecule has 1 heterocycles. The maximum absolute atomic E-state index is 13.0. The van der Waals surface area contributed by atoms with E-state index in [2.05, 4.69) is 70.5 Å². The summed E-state index contributed by atoms with van der Waals surface area (Å²) >= 11 is 3.50. The van der Waals surface area contributed by atoms with Crippen molar-refractivity contribution >= 4 is 26.9 Å². The molecule has 6 rings (SSSR count). The predicted molar refractivity (Wildman–Crippen MR) is 143 cm³/mol. The first kappa shape index (κ1) is 21.9. The van der Waals surface area contributed by atoms with Gasteiger partial charge in [-0.05, 0) is 70.8 Å². The van der Waals surface area contributed by atoms with Gasteiger partial charge in [-0.25, -0.2) is 4.79 Å². The fraction of sp³-hybridized carbons (Fsp3) is 0.129. The summed E-state index contributed by atoms with van der Waals surface area (Å²) in [5.74, 6) is 0.0293. The van der Waals surface area contributed by atoms with Crippen LogP contribution in [0, 0.1) is 0 Å². The number of rotatable bonds is 3. The van der Waals surface area contributed by atoms with Crippen LogP contribution in [0.5, 0.6) is 5.75 Å². The number of halogens is 1. The Hall–Kier alpha value is -3.63. The van der Waals surface area contributed by atoms with Crippen LogP contribution in [0.25, 0.3) is 22.1 Å². The van der Waals surface area contributed by atoms with Gasteiger partial charge in [0.25, 0.3) is 0 Å². The SMILES string of the molecule is O=c1oc2ccccc2c(O)c1[C@H]1Cc2ccccc2[C@@H](c2ccc(-c3ccc(Br)cc3)cc2)C1. The van der Waals surface area contributed by atoms with Crippen LogP contribution in [0.2, 0.25) is 0 Å². The molecule has 2 atom stereocenters. The van der Waals surface area contributed by atoms with Crippen molar-refractivity contribution in [3.63, 3.8) is 0 Å². The standard InChI is InChI=1S/C31H23BrO3/c32-24-15-13-20(14-16-24)19-9-11-21(12-10-19)27-18-23(17-22-5-1-2-6-25(22)27)29-30(33)26-7-3-4-8-28(26)35-31(29)34/h1-16,23,27,33H,17-18H2/t23-,27+/m0/s1. The lowest BCUT2D eigenvalue weighted by molar-refractivity contribution is 0.429. The molecule has 35 heavy (non-hydrogen) atoms. The first-order valence-electron chi connectivity index (χ1n) is 11.8. The maximum atomic E-state index is 13.0. The highest BCUT2D eigenvalue weighted by molar-refractivity contribution is 9.10. The molecule has 5 aromatic rings. The average Bonchev–Trinajstić information content (AvgIpc) is 2.89. The summed E-state index contributed by atoms with van der Waals surface area (Å²) in [6, 6.07) is 32.6. The zero-order chi connectivity index (χ0) is 23.9. The fourth-order valence-corrected chi connectivity index (χ4v) is 5.68. The van der Waals surface area contributed by atoms with E-state index in [1.54, 1.807) is 18.2 Å². The molecule has 1 aromatic heterocycles. The van der Waals surface area contributed by atoms with Gasteiger partial charge in [-0.2, -0.15) is 0 Å². The molecule has 4 aromatic carbocycles. The van der Waals surface area contributed by atoms with Crippen LogP contribution in [-0.2, 0) is 6.42 Å². The topological polar surface area (TPSA) is 50.4 Å². The van der Waals surface area contributed by atoms with Gasteiger partial charge in [0.05, 0.1) is 10.9 Å². The van der Waals surface area contributed by atoms with Crippen LogP contribution in [0.1, 0.15) is 40.5 Å². The van der Waals surface area contributed by atoms with E-state index < -0.39 is 5.63 Å². The molecule has 0 spiro atoms. The van der Waals surface area contributed by atoms with Crippen molar-refractivity contribution in [1.29, 1.82) is 0 Å². The largest absolute Gasteiger partial charge is 0.507 e. The second-order valence-corrected chi connectivity index (χ2v) is 10.1. The van der Waals surface area contributed by atoms with Gasteiger partial charge in [0, 0.05) is 10.4 Å². The molecule has 1 aliphatic rings. The molecule has 1 N–H and O–H groups in total. The van der Waals surface area contributed by atoms with Gasteiger partial charge in [-0.15, -0.1) is 0 Å². The summed E-state index contributed by atoms with van der Waals surface area (Å²) in [6.45, 7) is 0. The molecule has 172 valence electrons. The second kappa shape index (κ2) is 8.86. The smallest absolute Gasteiger partial charge is 0.343 e. The molecule has 0 aliphatic heterocycles. The molecule has 0 radical (unpaired) electrons. The molecule has 0 saturated carbocycles. The second-order valence-electron chi connectivity index (χ2n) is 9.17. The van der Waals surface area contributed by atoms with Crippen LogP contribution in [0.15, 0.2) is 111 Å². The Labute approximate surface area is 211 Å².